The molecule has 0 saturated heterocycles. The first kappa shape index (κ1) is 11.5. The lowest BCUT2D eigenvalue weighted by Gasteiger charge is -2.12. The molecule has 5 nitrogen and oxygen atoms in total. The Morgan fingerprint density at radius 2 is 2.31 bits per heavy atom. The maximum atomic E-state index is 10.6. The number of ether oxygens (including phenoxy) is 1. The molecule has 0 aromatic heterocycles. The van der Waals surface area contributed by atoms with E-state index in [0.717, 1.165) is 0 Å². The molecule has 0 radical (unpaired) electrons. The molecule has 0 aliphatic carbocycles. The molecular weight excluding hydrogens is 174 g/mol. The number of nitrogens with one attached hydrogen (secondary N) is 1. The lowest BCUT2D eigenvalue weighted by Crippen LogP contribution is -2.33. The van der Waals surface area contributed by atoms with Crippen molar-refractivity contribution in [3.8, 4) is 12.3 Å². The van der Waals surface area contributed by atoms with Crippen molar-refractivity contribution in [2.24, 2.45) is 0 Å². The van der Waals surface area contributed by atoms with Crippen molar-refractivity contribution in [2.75, 3.05) is 13.7 Å². The van der Waals surface area contributed by atoms with Crippen LogP contribution in [0.5, 0.6) is 0 Å². The smallest absolute Gasteiger partial charge is 0.306 e. The summed E-state index contributed by atoms with van der Waals surface area (Å²) in [6.45, 7) is 0.103. The summed E-state index contributed by atoms with van der Waals surface area (Å²) in [5, 5.41) is 10.7. The average molecular weight is 185 g/mol. The third-order valence-electron chi connectivity index (χ3n) is 1.36. The standard InChI is InChI=1S/C8H11NO4/c1-3-7(10)9-5-6(13-2)4-8(11)12/h1,6H,4-5H2,2H3,(H,9,10)(H,11,12). The molecule has 1 amide bonds. The fourth-order valence-electron chi connectivity index (χ4n) is 0.691. The molecule has 0 aromatic carbocycles. The summed E-state index contributed by atoms with van der Waals surface area (Å²) in [6, 6.07) is 0. The van der Waals surface area contributed by atoms with Gasteiger partial charge in [0, 0.05) is 13.7 Å². The van der Waals surface area contributed by atoms with Crippen molar-refractivity contribution in [3.05, 3.63) is 0 Å². The number of rotatable bonds is 5. The maximum Gasteiger partial charge on any atom is 0.306 e. The molecule has 0 aliphatic heterocycles. The van der Waals surface area contributed by atoms with Crippen molar-refractivity contribution >= 4 is 11.9 Å². The number of amides is 1. The van der Waals surface area contributed by atoms with Crippen LogP contribution in [-0.2, 0) is 14.3 Å². The molecule has 2 N–H and O–H groups in total. The van der Waals surface area contributed by atoms with Crippen LogP contribution in [0.4, 0.5) is 0 Å². The molecule has 0 aromatic rings. The lowest BCUT2D eigenvalue weighted by molar-refractivity contribution is -0.139. The number of aliphatic carboxylic acids is 1. The molecule has 0 heterocycles. The Balaban J connectivity index is 3.80. The Labute approximate surface area is 76.1 Å². The van der Waals surface area contributed by atoms with Gasteiger partial charge in [0.1, 0.15) is 0 Å². The zero-order valence-corrected chi connectivity index (χ0v) is 7.24. The van der Waals surface area contributed by atoms with E-state index >= 15 is 0 Å². The van der Waals surface area contributed by atoms with Crippen LogP contribution in [0.1, 0.15) is 6.42 Å². The van der Waals surface area contributed by atoms with Crippen molar-refractivity contribution < 1.29 is 19.4 Å². The fourth-order valence-corrected chi connectivity index (χ4v) is 0.691. The second-order valence-electron chi connectivity index (χ2n) is 2.31. The Morgan fingerprint density at radius 3 is 2.69 bits per heavy atom. The maximum absolute atomic E-state index is 10.6. The third kappa shape index (κ3) is 5.70. The fraction of sp³-hybridized carbons (Fsp3) is 0.500. The van der Waals surface area contributed by atoms with Crippen LogP contribution < -0.4 is 5.32 Å². The monoisotopic (exact) mass is 185 g/mol. The van der Waals surface area contributed by atoms with Gasteiger partial charge in [-0.15, -0.1) is 6.42 Å². The van der Waals surface area contributed by atoms with Crippen molar-refractivity contribution in [1.82, 2.24) is 5.32 Å². The number of hydrogen-bond donors (Lipinski definition) is 2. The Hall–Kier alpha value is -1.54. The van der Waals surface area contributed by atoms with Gasteiger partial charge in [0.2, 0.25) is 0 Å². The first-order valence-corrected chi connectivity index (χ1v) is 3.59. The van der Waals surface area contributed by atoms with Gasteiger partial charge in [0.05, 0.1) is 12.5 Å². The summed E-state index contributed by atoms with van der Waals surface area (Å²) < 4.78 is 4.79. The topological polar surface area (TPSA) is 75.6 Å². The number of hydrogen-bond acceptors (Lipinski definition) is 3. The quantitative estimate of drug-likeness (QED) is 0.551. The highest BCUT2D eigenvalue weighted by molar-refractivity contribution is 5.92. The van der Waals surface area contributed by atoms with Gasteiger partial charge in [-0.25, -0.2) is 0 Å². The van der Waals surface area contributed by atoms with E-state index < -0.39 is 18.0 Å². The molecule has 72 valence electrons. The number of carbonyl (C=O) groups excluding carboxylic acids is 1. The van der Waals surface area contributed by atoms with Gasteiger partial charge in [0.25, 0.3) is 5.91 Å². The molecule has 0 fully saturated rings. The second-order valence-corrected chi connectivity index (χ2v) is 2.31. The highest BCUT2D eigenvalue weighted by Crippen LogP contribution is 1.94. The SMILES string of the molecule is C#CC(=O)NCC(CC(=O)O)OC. The van der Waals surface area contributed by atoms with E-state index in [-0.39, 0.29) is 13.0 Å². The molecule has 0 bridgehead atoms. The third-order valence-corrected chi connectivity index (χ3v) is 1.36. The van der Waals surface area contributed by atoms with Crippen LogP contribution in [0.2, 0.25) is 0 Å². The molecule has 5 heteroatoms. The number of carboxylic acids is 1. The molecule has 1 atom stereocenters. The zero-order chi connectivity index (χ0) is 10.3. The van der Waals surface area contributed by atoms with E-state index in [1.807, 2.05) is 5.92 Å². The van der Waals surface area contributed by atoms with Crippen molar-refractivity contribution in [1.29, 1.82) is 0 Å². The molecule has 0 saturated carbocycles. The summed E-state index contributed by atoms with van der Waals surface area (Å²) in [5.74, 6) is 0.284. The minimum atomic E-state index is -0.984. The molecule has 13 heavy (non-hydrogen) atoms. The van der Waals surface area contributed by atoms with Crippen LogP contribution in [-0.4, -0.2) is 36.7 Å². The number of carboxylic acid groups (broad SMARTS) is 1. The van der Waals surface area contributed by atoms with Crippen LogP contribution in [0.25, 0.3) is 0 Å². The molecule has 0 aliphatic rings. The van der Waals surface area contributed by atoms with E-state index in [2.05, 4.69) is 5.32 Å². The summed E-state index contributed by atoms with van der Waals surface area (Å²) >= 11 is 0. The van der Waals surface area contributed by atoms with Gasteiger partial charge >= 0.3 is 5.97 Å². The normalized spacial score (nSPS) is 11.4. The van der Waals surface area contributed by atoms with Crippen LogP contribution >= 0.6 is 0 Å². The molecule has 1 unspecified atom stereocenters. The second kappa shape index (κ2) is 6.03. The largest absolute Gasteiger partial charge is 0.481 e. The number of terminal acetylenes is 1. The van der Waals surface area contributed by atoms with E-state index in [9.17, 15) is 9.59 Å². The predicted octanol–water partition coefficient (Wildman–Crippen LogP) is -0.775. The van der Waals surface area contributed by atoms with Gasteiger partial charge in [-0.2, -0.15) is 0 Å². The summed E-state index contributed by atoms with van der Waals surface area (Å²) in [6.07, 6.45) is 4.07. The highest BCUT2D eigenvalue weighted by Gasteiger charge is 2.12. The van der Waals surface area contributed by atoms with Gasteiger partial charge in [-0.1, -0.05) is 0 Å². The van der Waals surface area contributed by atoms with Crippen LogP contribution in [0.15, 0.2) is 0 Å². The average Bonchev–Trinajstić information content (AvgIpc) is 2.10. The van der Waals surface area contributed by atoms with Crippen LogP contribution in [0, 0.1) is 12.3 Å². The van der Waals surface area contributed by atoms with Crippen molar-refractivity contribution in [3.63, 3.8) is 0 Å². The summed E-state index contributed by atoms with van der Waals surface area (Å²) in [4.78, 5) is 20.8. The molecule has 0 spiro atoms. The van der Waals surface area contributed by atoms with E-state index in [1.54, 1.807) is 0 Å². The van der Waals surface area contributed by atoms with Gasteiger partial charge in [0.15, 0.2) is 0 Å². The zero-order valence-electron chi connectivity index (χ0n) is 7.24. The van der Waals surface area contributed by atoms with Gasteiger partial charge in [-0.05, 0) is 5.92 Å². The summed E-state index contributed by atoms with van der Waals surface area (Å²) in [7, 11) is 1.37. The summed E-state index contributed by atoms with van der Waals surface area (Å²) in [5.41, 5.74) is 0. The van der Waals surface area contributed by atoms with E-state index in [4.69, 9.17) is 16.3 Å². The number of carbonyl (C=O) groups is 2. The first-order valence-electron chi connectivity index (χ1n) is 3.59. The first-order chi connectivity index (χ1) is 6.10. The predicted molar refractivity (Wildman–Crippen MR) is 44.9 cm³/mol. The Kier molecular flexibility index (Phi) is 5.32. The highest BCUT2D eigenvalue weighted by atomic mass is 16.5. The lowest BCUT2D eigenvalue weighted by atomic mass is 10.2. The number of methoxy groups -OCH3 is 1. The van der Waals surface area contributed by atoms with E-state index in [0.29, 0.717) is 0 Å². The van der Waals surface area contributed by atoms with E-state index in [1.165, 1.54) is 7.11 Å². The minimum Gasteiger partial charge on any atom is -0.481 e. The Bertz CT molecular complexity index is 231. The minimum absolute atomic E-state index is 0.103. The van der Waals surface area contributed by atoms with Crippen LogP contribution in [0.3, 0.4) is 0 Å². The van der Waals surface area contributed by atoms with Gasteiger partial charge < -0.3 is 15.2 Å². The van der Waals surface area contributed by atoms with Crippen molar-refractivity contribution in [2.45, 2.75) is 12.5 Å². The Morgan fingerprint density at radius 1 is 1.69 bits per heavy atom. The molecular formula is C8H11NO4. The molecule has 0 rings (SSSR count). The van der Waals surface area contributed by atoms with Gasteiger partial charge in [-0.3, -0.25) is 9.59 Å².